The number of aromatic amines is 1. The lowest BCUT2D eigenvalue weighted by molar-refractivity contribution is 0.0820. The first kappa shape index (κ1) is 15.7. The molecule has 1 fully saturated rings. The third kappa shape index (κ3) is 2.98. The van der Waals surface area contributed by atoms with E-state index in [-0.39, 0.29) is 11.9 Å². The van der Waals surface area contributed by atoms with Crippen molar-refractivity contribution >= 4 is 16.9 Å². The van der Waals surface area contributed by atoms with Crippen LogP contribution in [0.15, 0.2) is 42.7 Å². The molecule has 1 aliphatic heterocycles. The third-order valence-electron chi connectivity index (χ3n) is 4.36. The number of nitrogens with zero attached hydrogens (tertiary/aromatic N) is 1. The highest BCUT2D eigenvalue weighted by Crippen LogP contribution is 2.30. The van der Waals surface area contributed by atoms with Crippen molar-refractivity contribution in [2.45, 2.75) is 18.6 Å². The zero-order valence-electron chi connectivity index (χ0n) is 13.1. The fourth-order valence-electron chi connectivity index (χ4n) is 3.08. The number of hydrogen-bond donors (Lipinski definition) is 2. The zero-order valence-corrected chi connectivity index (χ0v) is 13.1. The van der Waals surface area contributed by atoms with Crippen LogP contribution in [0.1, 0.15) is 28.4 Å². The van der Waals surface area contributed by atoms with Crippen LogP contribution in [0, 0.1) is 11.6 Å². The quantitative estimate of drug-likeness (QED) is 0.768. The van der Waals surface area contributed by atoms with Crippen molar-refractivity contribution in [1.82, 2.24) is 15.3 Å². The Morgan fingerprint density at radius 2 is 2.08 bits per heavy atom. The van der Waals surface area contributed by atoms with Crippen LogP contribution in [0.5, 0.6) is 0 Å². The average molecular weight is 343 g/mol. The molecule has 0 saturated carbocycles. The first-order chi connectivity index (χ1) is 12.1. The Morgan fingerprint density at radius 3 is 2.92 bits per heavy atom. The molecular weight excluding hydrogens is 328 g/mol. The minimum atomic E-state index is -0.928. The van der Waals surface area contributed by atoms with E-state index < -0.39 is 17.7 Å². The molecule has 2 aromatic carbocycles. The Bertz CT molecular complexity index is 941. The predicted molar refractivity (Wildman–Crippen MR) is 87.0 cm³/mol. The van der Waals surface area contributed by atoms with Crippen LogP contribution in [-0.4, -0.2) is 28.5 Å². The highest BCUT2D eigenvalue weighted by Gasteiger charge is 2.31. The van der Waals surface area contributed by atoms with E-state index in [1.165, 1.54) is 6.07 Å². The summed E-state index contributed by atoms with van der Waals surface area (Å²) < 4.78 is 32.2. The zero-order chi connectivity index (χ0) is 17.4. The molecular formula is C18H15F2N3O2. The summed E-state index contributed by atoms with van der Waals surface area (Å²) in [6.07, 6.45) is 1.66. The molecule has 1 aromatic heterocycles. The van der Waals surface area contributed by atoms with Gasteiger partial charge in [-0.15, -0.1) is 0 Å². The van der Waals surface area contributed by atoms with E-state index >= 15 is 0 Å². The molecule has 128 valence electrons. The summed E-state index contributed by atoms with van der Waals surface area (Å²) in [4.78, 5) is 19.6. The maximum absolute atomic E-state index is 13.5. The van der Waals surface area contributed by atoms with E-state index in [0.717, 1.165) is 23.2 Å². The first-order valence-corrected chi connectivity index (χ1v) is 7.92. The van der Waals surface area contributed by atoms with Gasteiger partial charge in [0.05, 0.1) is 23.4 Å². The number of nitrogens with one attached hydrogen (secondary N) is 2. The van der Waals surface area contributed by atoms with Crippen molar-refractivity contribution in [3.8, 4) is 0 Å². The molecule has 3 aromatic rings. The number of halogens is 2. The molecule has 2 heterocycles. The largest absolute Gasteiger partial charge is 0.371 e. The van der Waals surface area contributed by atoms with Crippen molar-refractivity contribution in [2.24, 2.45) is 0 Å². The molecule has 1 aliphatic rings. The van der Waals surface area contributed by atoms with Crippen molar-refractivity contribution in [2.75, 3.05) is 6.61 Å². The number of benzene rings is 2. The van der Waals surface area contributed by atoms with Gasteiger partial charge in [0.15, 0.2) is 11.6 Å². The summed E-state index contributed by atoms with van der Waals surface area (Å²) in [6, 6.07) is 8.53. The van der Waals surface area contributed by atoms with Gasteiger partial charge in [-0.25, -0.2) is 13.8 Å². The van der Waals surface area contributed by atoms with Crippen molar-refractivity contribution in [3.05, 3.63) is 65.5 Å². The monoisotopic (exact) mass is 343 g/mol. The van der Waals surface area contributed by atoms with Gasteiger partial charge < -0.3 is 15.0 Å². The second-order valence-electron chi connectivity index (χ2n) is 5.97. The lowest BCUT2D eigenvalue weighted by atomic mass is 10.0. The van der Waals surface area contributed by atoms with Crippen LogP contribution in [0.3, 0.4) is 0 Å². The van der Waals surface area contributed by atoms with Gasteiger partial charge in [-0.2, -0.15) is 0 Å². The minimum Gasteiger partial charge on any atom is -0.371 e. The van der Waals surface area contributed by atoms with E-state index in [9.17, 15) is 13.6 Å². The Morgan fingerprint density at radius 1 is 1.20 bits per heavy atom. The Labute approximate surface area is 142 Å². The Balaban J connectivity index is 1.54. The van der Waals surface area contributed by atoms with E-state index in [2.05, 4.69) is 15.3 Å². The molecule has 2 atom stereocenters. The van der Waals surface area contributed by atoms with Gasteiger partial charge in [0.2, 0.25) is 0 Å². The topological polar surface area (TPSA) is 67.0 Å². The SMILES string of the molecule is O=C(N[C@H]1CCO[C@H]1c1ccc(F)c(F)c1)c1ccc2nc[nH]c2c1. The highest BCUT2D eigenvalue weighted by atomic mass is 19.2. The second-order valence-corrected chi connectivity index (χ2v) is 5.97. The van der Waals surface area contributed by atoms with Crippen LogP contribution in [0.25, 0.3) is 11.0 Å². The van der Waals surface area contributed by atoms with E-state index in [0.29, 0.717) is 24.2 Å². The van der Waals surface area contributed by atoms with Gasteiger partial charge in [-0.1, -0.05) is 6.07 Å². The fourth-order valence-corrected chi connectivity index (χ4v) is 3.08. The number of carbonyl (C=O) groups excluding carboxylic acids is 1. The summed E-state index contributed by atoms with van der Waals surface area (Å²) in [6.45, 7) is 0.439. The van der Waals surface area contributed by atoms with Crippen LogP contribution in [0.2, 0.25) is 0 Å². The van der Waals surface area contributed by atoms with Crippen molar-refractivity contribution in [3.63, 3.8) is 0 Å². The molecule has 0 radical (unpaired) electrons. The molecule has 0 unspecified atom stereocenters. The van der Waals surface area contributed by atoms with E-state index in [4.69, 9.17) is 4.74 Å². The number of H-pyrrole nitrogens is 1. The predicted octanol–water partition coefficient (Wildman–Crippen LogP) is 3.10. The molecule has 2 N–H and O–H groups in total. The number of aromatic nitrogens is 2. The Kier molecular flexibility index (Phi) is 3.93. The van der Waals surface area contributed by atoms with Crippen molar-refractivity contribution < 1.29 is 18.3 Å². The number of amides is 1. The maximum atomic E-state index is 13.5. The van der Waals surface area contributed by atoms with E-state index in [1.54, 1.807) is 24.5 Å². The van der Waals surface area contributed by atoms with Gasteiger partial charge in [0.25, 0.3) is 5.91 Å². The number of carbonyl (C=O) groups is 1. The number of ether oxygens (including phenoxy) is 1. The number of hydrogen-bond acceptors (Lipinski definition) is 3. The molecule has 1 saturated heterocycles. The summed E-state index contributed by atoms with van der Waals surface area (Å²) in [5, 5.41) is 2.92. The van der Waals surface area contributed by atoms with Gasteiger partial charge in [-0.05, 0) is 42.3 Å². The van der Waals surface area contributed by atoms with Crippen molar-refractivity contribution in [1.29, 1.82) is 0 Å². The number of imidazole rings is 1. The highest BCUT2D eigenvalue weighted by molar-refractivity contribution is 5.97. The molecule has 1 amide bonds. The van der Waals surface area contributed by atoms with Gasteiger partial charge in [0.1, 0.15) is 6.10 Å². The van der Waals surface area contributed by atoms with E-state index in [1.807, 2.05) is 0 Å². The van der Waals surface area contributed by atoms with Crippen LogP contribution >= 0.6 is 0 Å². The van der Waals surface area contributed by atoms with Crippen LogP contribution in [0.4, 0.5) is 8.78 Å². The van der Waals surface area contributed by atoms with Crippen LogP contribution in [-0.2, 0) is 4.74 Å². The smallest absolute Gasteiger partial charge is 0.251 e. The fraction of sp³-hybridized carbons (Fsp3) is 0.222. The molecule has 5 nitrogen and oxygen atoms in total. The third-order valence-corrected chi connectivity index (χ3v) is 4.36. The summed E-state index contributed by atoms with van der Waals surface area (Å²) >= 11 is 0. The second kappa shape index (κ2) is 6.25. The number of fused-ring (bicyclic) bond motifs is 1. The summed E-state index contributed by atoms with van der Waals surface area (Å²) in [5.41, 5.74) is 2.55. The summed E-state index contributed by atoms with van der Waals surface area (Å²) in [7, 11) is 0. The normalized spacial score (nSPS) is 20.1. The van der Waals surface area contributed by atoms with Gasteiger partial charge in [-0.3, -0.25) is 4.79 Å². The molecule has 4 rings (SSSR count). The lowest BCUT2D eigenvalue weighted by Crippen LogP contribution is -2.36. The molecule has 0 aliphatic carbocycles. The standard InChI is InChI=1S/C18H15F2N3O2/c19-12-3-1-10(7-13(12)20)17-15(5-6-25-17)23-18(24)11-2-4-14-16(8-11)22-9-21-14/h1-4,7-9,15,17H,5-6H2,(H,21,22)(H,23,24)/t15-,17-/m0/s1. The molecule has 7 heteroatoms. The lowest BCUT2D eigenvalue weighted by Gasteiger charge is -2.20. The van der Waals surface area contributed by atoms with Gasteiger partial charge in [0, 0.05) is 12.2 Å². The number of rotatable bonds is 3. The average Bonchev–Trinajstić information content (AvgIpc) is 3.25. The molecule has 0 spiro atoms. The van der Waals surface area contributed by atoms with Gasteiger partial charge >= 0.3 is 0 Å². The molecule has 0 bridgehead atoms. The summed E-state index contributed by atoms with van der Waals surface area (Å²) in [5.74, 6) is -2.09. The Hall–Kier alpha value is -2.80. The first-order valence-electron chi connectivity index (χ1n) is 7.92. The molecule has 25 heavy (non-hydrogen) atoms. The van der Waals surface area contributed by atoms with Crippen LogP contribution < -0.4 is 5.32 Å². The minimum absolute atomic E-state index is 0.250. The maximum Gasteiger partial charge on any atom is 0.251 e.